The van der Waals surface area contributed by atoms with Crippen molar-refractivity contribution in [1.82, 2.24) is 0 Å². The Morgan fingerprint density at radius 2 is 0.710 bits per heavy atom. The Labute approximate surface area is 187 Å². The molecule has 9 heteroatoms. The highest BCUT2D eigenvalue weighted by atomic mass is 16.6. The predicted octanol–water partition coefficient (Wildman–Crippen LogP) is 2.54. The maximum absolute atomic E-state index is 11.3. The van der Waals surface area contributed by atoms with Crippen molar-refractivity contribution in [3.05, 3.63) is 0 Å². The van der Waals surface area contributed by atoms with Crippen LogP contribution >= 0.6 is 0 Å². The van der Waals surface area contributed by atoms with E-state index in [1.807, 2.05) is 13.8 Å². The molecule has 0 aliphatic rings. The van der Waals surface area contributed by atoms with Gasteiger partial charge >= 0.3 is 11.9 Å². The summed E-state index contributed by atoms with van der Waals surface area (Å²) in [6.45, 7) is 9.16. The lowest BCUT2D eigenvalue weighted by atomic mass is 10.2. The first-order valence-electron chi connectivity index (χ1n) is 11.4. The maximum Gasteiger partial charge on any atom is 0.305 e. The number of unbranched alkanes of at least 4 members (excludes halogenated alkanes) is 2. The van der Waals surface area contributed by atoms with Gasteiger partial charge in [-0.25, -0.2) is 0 Å². The first-order chi connectivity index (χ1) is 15.2. The average molecular weight is 451 g/mol. The summed E-state index contributed by atoms with van der Waals surface area (Å²) in [5, 5.41) is 0. The highest BCUT2D eigenvalue weighted by molar-refractivity contribution is 5.69. The van der Waals surface area contributed by atoms with E-state index >= 15 is 0 Å². The summed E-state index contributed by atoms with van der Waals surface area (Å²) < 4.78 is 36.9. The van der Waals surface area contributed by atoms with Gasteiger partial charge in [0.25, 0.3) is 0 Å². The van der Waals surface area contributed by atoms with Gasteiger partial charge in [0.1, 0.15) is 13.2 Å². The molecule has 0 saturated heterocycles. The lowest BCUT2D eigenvalue weighted by Crippen LogP contribution is -2.15. The van der Waals surface area contributed by atoms with Crippen molar-refractivity contribution in [2.45, 2.75) is 52.4 Å². The number of rotatable bonds is 24. The van der Waals surface area contributed by atoms with Crippen LogP contribution in [0.4, 0.5) is 0 Å². The van der Waals surface area contributed by atoms with Crippen molar-refractivity contribution in [3.8, 4) is 0 Å². The van der Waals surface area contributed by atoms with Crippen LogP contribution in [0.15, 0.2) is 0 Å². The van der Waals surface area contributed by atoms with Gasteiger partial charge in [0, 0.05) is 12.8 Å². The minimum Gasteiger partial charge on any atom is -0.463 e. The monoisotopic (exact) mass is 450 g/mol. The van der Waals surface area contributed by atoms with Gasteiger partial charge in [0.2, 0.25) is 0 Å². The Morgan fingerprint density at radius 3 is 0.968 bits per heavy atom. The van der Waals surface area contributed by atoms with Gasteiger partial charge < -0.3 is 33.2 Å². The first kappa shape index (κ1) is 29.7. The van der Waals surface area contributed by atoms with E-state index in [1.54, 1.807) is 0 Å². The Morgan fingerprint density at radius 1 is 0.452 bits per heavy atom. The average Bonchev–Trinajstić information content (AvgIpc) is 2.77. The van der Waals surface area contributed by atoms with Crippen LogP contribution in [-0.2, 0) is 42.7 Å². The number of carbonyl (C=O) groups is 2. The normalized spacial score (nSPS) is 10.9. The number of hydrogen-bond donors (Lipinski definition) is 0. The van der Waals surface area contributed by atoms with E-state index in [2.05, 4.69) is 0 Å². The van der Waals surface area contributed by atoms with Crippen molar-refractivity contribution >= 4 is 11.9 Å². The number of ether oxygens (including phenoxy) is 7. The Balaban J connectivity index is 3.11. The molecular formula is C22H42O9. The van der Waals surface area contributed by atoms with Crippen LogP contribution in [0.3, 0.4) is 0 Å². The van der Waals surface area contributed by atoms with E-state index in [4.69, 9.17) is 33.2 Å². The van der Waals surface area contributed by atoms with Crippen molar-refractivity contribution in [1.29, 1.82) is 0 Å². The van der Waals surface area contributed by atoms with Gasteiger partial charge in [0.15, 0.2) is 0 Å². The minimum atomic E-state index is -0.171. The topological polar surface area (TPSA) is 98.8 Å². The molecule has 0 spiro atoms. The molecule has 0 aromatic heterocycles. The Hall–Kier alpha value is -1.26. The van der Waals surface area contributed by atoms with E-state index in [1.165, 1.54) is 0 Å². The summed E-state index contributed by atoms with van der Waals surface area (Å²) in [5.74, 6) is -0.341. The van der Waals surface area contributed by atoms with Gasteiger partial charge in [0.05, 0.1) is 66.1 Å². The molecule has 0 heterocycles. The highest BCUT2D eigenvalue weighted by Crippen LogP contribution is 1.97. The third-order valence-electron chi connectivity index (χ3n) is 3.94. The van der Waals surface area contributed by atoms with Crippen LogP contribution in [0.2, 0.25) is 0 Å². The van der Waals surface area contributed by atoms with Crippen LogP contribution in [-0.4, -0.2) is 91.2 Å². The predicted molar refractivity (Wildman–Crippen MR) is 115 cm³/mol. The van der Waals surface area contributed by atoms with Crippen LogP contribution in [0.25, 0.3) is 0 Å². The van der Waals surface area contributed by atoms with Crippen molar-refractivity contribution in [2.24, 2.45) is 0 Å². The molecule has 0 unspecified atom stereocenters. The summed E-state index contributed by atoms with van der Waals surface area (Å²) in [7, 11) is 0. The molecule has 0 fully saturated rings. The molecule has 0 aliphatic carbocycles. The molecule has 31 heavy (non-hydrogen) atoms. The number of carbonyl (C=O) groups excluding carboxylic acids is 2. The first-order valence-corrected chi connectivity index (χ1v) is 11.4. The van der Waals surface area contributed by atoms with Crippen molar-refractivity contribution in [3.63, 3.8) is 0 Å². The fourth-order valence-electron chi connectivity index (χ4n) is 2.20. The summed E-state index contributed by atoms with van der Waals surface area (Å²) >= 11 is 0. The van der Waals surface area contributed by atoms with E-state index in [9.17, 15) is 9.59 Å². The SMILES string of the molecule is CCCCC(=O)OCCOCCOCCOCCOCCOCCOC(=O)CCCC. The van der Waals surface area contributed by atoms with Crippen molar-refractivity contribution < 1.29 is 42.7 Å². The van der Waals surface area contributed by atoms with E-state index < -0.39 is 0 Å². The van der Waals surface area contributed by atoms with Gasteiger partial charge in [-0.1, -0.05) is 26.7 Å². The summed E-state index contributed by atoms with van der Waals surface area (Å²) in [5.41, 5.74) is 0. The molecule has 184 valence electrons. The molecule has 0 bridgehead atoms. The second kappa shape index (κ2) is 25.0. The highest BCUT2D eigenvalue weighted by Gasteiger charge is 2.02. The third-order valence-corrected chi connectivity index (χ3v) is 3.94. The molecule has 0 aromatic rings. The molecule has 0 aromatic carbocycles. The largest absolute Gasteiger partial charge is 0.463 e. The lowest BCUT2D eigenvalue weighted by Gasteiger charge is -2.08. The standard InChI is InChI=1S/C22H42O9/c1-3-5-7-21(23)30-19-17-28-15-13-26-11-9-25-10-12-27-14-16-29-18-20-31-22(24)8-6-4-2/h3-20H2,1-2H3. The molecule has 0 saturated carbocycles. The summed E-state index contributed by atoms with van der Waals surface area (Å²) in [6, 6.07) is 0. The zero-order valence-corrected chi connectivity index (χ0v) is 19.4. The number of esters is 2. The molecule has 0 atom stereocenters. The smallest absolute Gasteiger partial charge is 0.305 e. The molecule has 0 rings (SSSR count). The van der Waals surface area contributed by atoms with Gasteiger partial charge in [-0.15, -0.1) is 0 Å². The maximum atomic E-state index is 11.3. The Bertz CT molecular complexity index is 368. The molecular weight excluding hydrogens is 408 g/mol. The van der Waals surface area contributed by atoms with Crippen molar-refractivity contribution in [2.75, 3.05) is 79.3 Å². The van der Waals surface area contributed by atoms with Gasteiger partial charge in [-0.05, 0) is 12.8 Å². The zero-order chi connectivity index (χ0) is 22.8. The molecule has 0 N–H and O–H groups in total. The quantitative estimate of drug-likeness (QED) is 0.162. The van der Waals surface area contributed by atoms with E-state index in [-0.39, 0.29) is 25.2 Å². The second-order valence-corrected chi connectivity index (χ2v) is 6.71. The Kier molecular flexibility index (Phi) is 24.0. The van der Waals surface area contributed by atoms with Crippen LogP contribution in [0, 0.1) is 0 Å². The third kappa shape index (κ3) is 24.9. The summed E-state index contributed by atoms with van der Waals surface area (Å²) in [6.07, 6.45) is 4.61. The fraction of sp³-hybridized carbons (Fsp3) is 0.909. The van der Waals surface area contributed by atoms with Crippen LogP contribution in [0.1, 0.15) is 52.4 Å². The van der Waals surface area contributed by atoms with Gasteiger partial charge in [-0.3, -0.25) is 9.59 Å². The lowest BCUT2D eigenvalue weighted by molar-refractivity contribution is -0.146. The summed E-state index contributed by atoms with van der Waals surface area (Å²) in [4.78, 5) is 22.5. The van der Waals surface area contributed by atoms with Crippen LogP contribution < -0.4 is 0 Å². The molecule has 0 amide bonds. The van der Waals surface area contributed by atoms with E-state index in [0.29, 0.717) is 78.9 Å². The van der Waals surface area contributed by atoms with Crippen LogP contribution in [0.5, 0.6) is 0 Å². The van der Waals surface area contributed by atoms with E-state index in [0.717, 1.165) is 25.7 Å². The second-order valence-electron chi connectivity index (χ2n) is 6.71. The fourth-order valence-corrected chi connectivity index (χ4v) is 2.20. The number of hydrogen-bond acceptors (Lipinski definition) is 9. The van der Waals surface area contributed by atoms with Gasteiger partial charge in [-0.2, -0.15) is 0 Å². The molecule has 9 nitrogen and oxygen atoms in total. The minimum absolute atomic E-state index is 0.171. The molecule has 0 aliphatic heterocycles. The molecule has 0 radical (unpaired) electrons. The zero-order valence-electron chi connectivity index (χ0n) is 19.4.